The van der Waals surface area contributed by atoms with Crippen LogP contribution < -0.4 is 4.74 Å². The van der Waals surface area contributed by atoms with Gasteiger partial charge in [-0.15, -0.1) is 0 Å². The second-order valence-electron chi connectivity index (χ2n) is 8.57. The summed E-state index contributed by atoms with van der Waals surface area (Å²) in [5.74, 6) is 0.628. The van der Waals surface area contributed by atoms with Crippen molar-refractivity contribution < 1.29 is 14.6 Å². The van der Waals surface area contributed by atoms with Crippen LogP contribution in [-0.2, 0) is 4.79 Å². The van der Waals surface area contributed by atoms with E-state index in [1.807, 2.05) is 73.9 Å². The van der Waals surface area contributed by atoms with Crippen molar-refractivity contribution in [3.63, 3.8) is 0 Å². The van der Waals surface area contributed by atoms with Crippen molar-refractivity contribution in [2.75, 3.05) is 12.4 Å². The van der Waals surface area contributed by atoms with E-state index >= 15 is 0 Å². The number of ether oxygens (including phenoxy) is 1. The van der Waals surface area contributed by atoms with E-state index in [4.69, 9.17) is 9.72 Å². The van der Waals surface area contributed by atoms with E-state index in [1.54, 1.807) is 0 Å². The number of nitrogens with zero attached hydrogens (tertiary/aromatic N) is 2. The van der Waals surface area contributed by atoms with Crippen LogP contribution in [0.3, 0.4) is 0 Å². The van der Waals surface area contributed by atoms with Crippen molar-refractivity contribution in [2.45, 2.75) is 32.0 Å². The van der Waals surface area contributed by atoms with E-state index in [0.29, 0.717) is 17.5 Å². The molecule has 0 aliphatic rings. The van der Waals surface area contributed by atoms with Crippen molar-refractivity contribution in [3.8, 4) is 5.75 Å². The fourth-order valence-corrected chi connectivity index (χ4v) is 4.65. The van der Waals surface area contributed by atoms with Gasteiger partial charge in [0, 0.05) is 5.75 Å². The summed E-state index contributed by atoms with van der Waals surface area (Å²) in [6.07, 6.45) is 0. The van der Waals surface area contributed by atoms with Crippen LogP contribution in [0.4, 0.5) is 0 Å². The van der Waals surface area contributed by atoms with Crippen molar-refractivity contribution in [1.29, 1.82) is 0 Å². The third kappa shape index (κ3) is 4.54. The highest BCUT2D eigenvalue weighted by Crippen LogP contribution is 2.37. The molecule has 1 atom stereocenters. The Balaban J connectivity index is 1.53. The predicted molar refractivity (Wildman–Crippen MR) is 126 cm³/mol. The number of aromatic nitrogens is 2. The number of fused-ring (bicyclic) bond motifs is 2. The maximum atomic E-state index is 12.2. The van der Waals surface area contributed by atoms with Crippen molar-refractivity contribution in [3.05, 3.63) is 66.7 Å². The number of thioether (sulfide) groups is 1. The Hall–Kier alpha value is -2.99. The molecule has 1 unspecified atom stereocenters. The van der Waals surface area contributed by atoms with Gasteiger partial charge in [-0.05, 0) is 40.5 Å². The third-order valence-corrected chi connectivity index (χ3v) is 6.10. The molecule has 6 heteroatoms. The summed E-state index contributed by atoms with van der Waals surface area (Å²) < 4.78 is 7.81. The van der Waals surface area contributed by atoms with Gasteiger partial charge in [0.05, 0.1) is 17.6 Å². The van der Waals surface area contributed by atoms with Gasteiger partial charge in [-0.25, -0.2) is 9.78 Å². The lowest BCUT2D eigenvalue weighted by Crippen LogP contribution is -2.32. The van der Waals surface area contributed by atoms with Crippen LogP contribution in [0.5, 0.6) is 5.75 Å². The average Bonchev–Trinajstić information content (AvgIpc) is 3.08. The van der Waals surface area contributed by atoms with Crippen LogP contribution in [0.1, 0.15) is 26.8 Å². The Morgan fingerprint density at radius 2 is 1.77 bits per heavy atom. The maximum Gasteiger partial charge on any atom is 0.327 e. The predicted octanol–water partition coefficient (Wildman–Crippen LogP) is 6.03. The normalized spacial score (nSPS) is 12.9. The summed E-state index contributed by atoms with van der Waals surface area (Å²) in [7, 11) is 0. The zero-order chi connectivity index (χ0) is 22.0. The van der Waals surface area contributed by atoms with Gasteiger partial charge in [-0.3, -0.25) is 0 Å². The molecule has 0 saturated heterocycles. The van der Waals surface area contributed by atoms with Gasteiger partial charge in [-0.1, -0.05) is 75.0 Å². The van der Waals surface area contributed by atoms with Crippen molar-refractivity contribution >= 4 is 39.5 Å². The number of carbonyl (C=O) groups is 1. The number of carboxylic acid groups (broad SMARTS) is 1. The maximum absolute atomic E-state index is 12.2. The van der Waals surface area contributed by atoms with Gasteiger partial charge < -0.3 is 14.4 Å². The Bertz CT molecular complexity index is 1230. The number of rotatable bonds is 7. The zero-order valence-corrected chi connectivity index (χ0v) is 18.7. The summed E-state index contributed by atoms with van der Waals surface area (Å²) in [5, 5.41) is 13.0. The highest BCUT2D eigenvalue weighted by molar-refractivity contribution is 7.99. The summed E-state index contributed by atoms with van der Waals surface area (Å²) >= 11 is 1.52. The van der Waals surface area contributed by atoms with Gasteiger partial charge in [0.25, 0.3) is 0 Å². The lowest BCUT2D eigenvalue weighted by atomic mass is 9.86. The highest BCUT2D eigenvalue weighted by Gasteiger charge is 2.35. The molecular weight excluding hydrogens is 408 g/mol. The molecule has 1 aromatic heterocycles. The lowest BCUT2D eigenvalue weighted by molar-refractivity contribution is -0.144. The third-order valence-electron chi connectivity index (χ3n) is 5.18. The molecule has 0 aliphatic heterocycles. The van der Waals surface area contributed by atoms with Crippen molar-refractivity contribution in [1.82, 2.24) is 9.55 Å². The number of benzene rings is 3. The Labute approximate surface area is 186 Å². The molecule has 0 aliphatic carbocycles. The molecule has 160 valence electrons. The minimum absolute atomic E-state index is 0.466. The van der Waals surface area contributed by atoms with E-state index in [1.165, 1.54) is 17.1 Å². The molecule has 0 radical (unpaired) electrons. The molecule has 0 bridgehead atoms. The number of carboxylic acids is 1. The monoisotopic (exact) mass is 434 g/mol. The number of hydrogen-bond donors (Lipinski definition) is 1. The molecule has 0 spiro atoms. The van der Waals surface area contributed by atoms with Gasteiger partial charge in [0.2, 0.25) is 0 Å². The second kappa shape index (κ2) is 8.63. The molecule has 31 heavy (non-hydrogen) atoms. The lowest BCUT2D eigenvalue weighted by Gasteiger charge is -2.29. The van der Waals surface area contributed by atoms with E-state index in [0.717, 1.165) is 22.2 Å². The van der Waals surface area contributed by atoms with Crippen LogP contribution in [0, 0.1) is 5.41 Å². The van der Waals surface area contributed by atoms with Crippen LogP contribution in [0.25, 0.3) is 21.8 Å². The minimum atomic E-state index is -0.857. The SMILES string of the molecule is CC(C)(C)C(C(=O)O)n1c(SCCOc2ccc3ccccc3c2)nc2ccccc21. The highest BCUT2D eigenvalue weighted by atomic mass is 32.2. The Morgan fingerprint density at radius 3 is 2.52 bits per heavy atom. The summed E-state index contributed by atoms with van der Waals surface area (Å²) in [6.45, 7) is 6.33. The first kappa shape index (κ1) is 21.2. The van der Waals surface area contributed by atoms with E-state index < -0.39 is 17.4 Å². The largest absolute Gasteiger partial charge is 0.493 e. The molecule has 5 nitrogen and oxygen atoms in total. The minimum Gasteiger partial charge on any atom is -0.493 e. The molecule has 0 amide bonds. The fraction of sp³-hybridized carbons (Fsp3) is 0.280. The van der Waals surface area contributed by atoms with E-state index in [9.17, 15) is 9.90 Å². The molecule has 0 fully saturated rings. The molecule has 3 aromatic carbocycles. The van der Waals surface area contributed by atoms with Crippen molar-refractivity contribution in [2.24, 2.45) is 5.41 Å². The summed E-state index contributed by atoms with van der Waals surface area (Å²) in [4.78, 5) is 16.9. The van der Waals surface area contributed by atoms with E-state index in [-0.39, 0.29) is 0 Å². The average molecular weight is 435 g/mol. The quantitative estimate of drug-likeness (QED) is 0.284. The van der Waals surface area contributed by atoms with Gasteiger partial charge in [-0.2, -0.15) is 0 Å². The summed E-state index contributed by atoms with van der Waals surface area (Å²) in [5.41, 5.74) is 1.17. The first-order valence-corrected chi connectivity index (χ1v) is 11.3. The number of imidazole rings is 1. The topological polar surface area (TPSA) is 64.3 Å². The van der Waals surface area contributed by atoms with Crippen LogP contribution >= 0.6 is 11.8 Å². The van der Waals surface area contributed by atoms with E-state index in [2.05, 4.69) is 18.2 Å². The molecule has 1 heterocycles. The Morgan fingerprint density at radius 1 is 1.06 bits per heavy atom. The standard InChI is InChI=1S/C25H26N2O3S/c1-25(2,3)22(23(28)29)27-21-11-7-6-10-20(21)26-24(27)31-15-14-30-19-13-12-17-8-4-5-9-18(17)16-19/h4-13,16,22H,14-15H2,1-3H3,(H,28,29). The van der Waals surface area contributed by atoms with Crippen LogP contribution in [-0.4, -0.2) is 33.0 Å². The van der Waals surface area contributed by atoms with Crippen LogP contribution in [0.2, 0.25) is 0 Å². The van der Waals surface area contributed by atoms with Gasteiger partial charge in [0.15, 0.2) is 5.16 Å². The second-order valence-corrected chi connectivity index (χ2v) is 9.63. The molecule has 4 rings (SSSR count). The smallest absolute Gasteiger partial charge is 0.327 e. The fourth-order valence-electron chi connectivity index (χ4n) is 3.79. The zero-order valence-electron chi connectivity index (χ0n) is 17.9. The summed E-state index contributed by atoms with van der Waals surface area (Å²) in [6, 6.07) is 21.2. The number of para-hydroxylation sites is 2. The van der Waals surface area contributed by atoms with Gasteiger partial charge >= 0.3 is 5.97 Å². The van der Waals surface area contributed by atoms with Crippen LogP contribution in [0.15, 0.2) is 71.9 Å². The Kier molecular flexibility index (Phi) is 5.92. The molecular formula is C25H26N2O3S. The first-order valence-electron chi connectivity index (χ1n) is 10.3. The molecule has 4 aromatic rings. The first-order chi connectivity index (χ1) is 14.8. The molecule has 1 N–H and O–H groups in total. The number of aliphatic carboxylic acids is 1. The number of hydrogen-bond acceptors (Lipinski definition) is 4. The van der Waals surface area contributed by atoms with Gasteiger partial charge in [0.1, 0.15) is 11.8 Å². The molecule has 0 saturated carbocycles.